The van der Waals surface area contributed by atoms with Crippen LogP contribution in [0.1, 0.15) is 0 Å². The van der Waals surface area contributed by atoms with Gasteiger partial charge in [-0.1, -0.05) is 30.8 Å². The molecule has 0 aliphatic rings. The second kappa shape index (κ2) is 6.18. The number of ether oxygens (including phenoxy) is 1. The van der Waals surface area contributed by atoms with Gasteiger partial charge in [-0.15, -0.1) is 0 Å². The topological polar surface area (TPSA) is 57.0 Å². The van der Waals surface area contributed by atoms with Gasteiger partial charge in [0.15, 0.2) is 0 Å². The maximum Gasteiger partial charge on any atom is 0.330 e. The summed E-state index contributed by atoms with van der Waals surface area (Å²) in [6.45, 7) is 3.92. The first kappa shape index (κ1) is 15.2. The minimum absolute atomic E-state index is 0.195. The highest BCUT2D eigenvalue weighted by Crippen LogP contribution is 2.37. The lowest BCUT2D eigenvalue weighted by Gasteiger charge is -2.03. The number of aromatic nitrogens is 3. The summed E-state index contributed by atoms with van der Waals surface area (Å²) in [6.07, 6.45) is 1.13. The third-order valence-corrected chi connectivity index (χ3v) is 4.78. The molecule has 0 saturated carbocycles. The SMILES string of the molecule is C=CC(=O)OCCn1nc2c(Br)c3ccccc3c(Br)c2n1. The number of carbonyl (C=O) groups excluding carboxylic acids is 1. The van der Waals surface area contributed by atoms with Crippen LogP contribution in [0.15, 0.2) is 45.9 Å². The Labute approximate surface area is 143 Å². The number of benzene rings is 2. The highest BCUT2D eigenvalue weighted by Gasteiger charge is 2.15. The Morgan fingerprint density at radius 3 is 2.23 bits per heavy atom. The lowest BCUT2D eigenvalue weighted by molar-refractivity contribution is -0.138. The molecule has 0 aliphatic heterocycles. The van der Waals surface area contributed by atoms with E-state index in [1.54, 1.807) is 0 Å². The zero-order valence-corrected chi connectivity index (χ0v) is 14.6. The van der Waals surface area contributed by atoms with Gasteiger partial charge in [0.05, 0.1) is 15.5 Å². The van der Waals surface area contributed by atoms with Gasteiger partial charge in [0.25, 0.3) is 0 Å². The van der Waals surface area contributed by atoms with Gasteiger partial charge in [0.1, 0.15) is 17.6 Å². The van der Waals surface area contributed by atoms with E-state index in [0.29, 0.717) is 6.54 Å². The lowest BCUT2D eigenvalue weighted by Crippen LogP contribution is -2.11. The summed E-state index contributed by atoms with van der Waals surface area (Å²) < 4.78 is 6.75. The van der Waals surface area contributed by atoms with Crippen molar-refractivity contribution in [2.24, 2.45) is 0 Å². The molecule has 0 bridgehead atoms. The van der Waals surface area contributed by atoms with Crippen molar-refractivity contribution < 1.29 is 9.53 Å². The van der Waals surface area contributed by atoms with Crippen molar-refractivity contribution in [1.82, 2.24) is 15.0 Å². The molecule has 0 aliphatic carbocycles. The van der Waals surface area contributed by atoms with Crippen LogP contribution in [0, 0.1) is 0 Å². The minimum atomic E-state index is -0.454. The van der Waals surface area contributed by atoms with Crippen molar-refractivity contribution in [3.8, 4) is 0 Å². The van der Waals surface area contributed by atoms with Crippen molar-refractivity contribution in [2.45, 2.75) is 6.54 Å². The molecule has 0 spiro atoms. The van der Waals surface area contributed by atoms with Crippen LogP contribution in [0.25, 0.3) is 21.8 Å². The fourth-order valence-electron chi connectivity index (χ4n) is 2.15. The van der Waals surface area contributed by atoms with Gasteiger partial charge < -0.3 is 4.74 Å². The third-order valence-electron chi connectivity index (χ3n) is 3.17. The molecular weight excluding hydrogens is 414 g/mol. The summed E-state index contributed by atoms with van der Waals surface area (Å²) in [5.41, 5.74) is 1.53. The molecule has 3 rings (SSSR count). The Morgan fingerprint density at radius 1 is 1.18 bits per heavy atom. The molecule has 0 unspecified atom stereocenters. The van der Waals surface area contributed by atoms with E-state index in [1.165, 1.54) is 4.80 Å². The number of hydrogen-bond donors (Lipinski definition) is 0. The number of rotatable bonds is 4. The molecule has 2 aromatic carbocycles. The zero-order chi connectivity index (χ0) is 15.7. The molecule has 0 atom stereocenters. The van der Waals surface area contributed by atoms with Gasteiger partial charge in [-0.3, -0.25) is 0 Å². The summed E-state index contributed by atoms with van der Waals surface area (Å²) >= 11 is 7.19. The van der Waals surface area contributed by atoms with Gasteiger partial charge in [-0.05, 0) is 42.6 Å². The average Bonchev–Trinajstić information content (AvgIpc) is 2.97. The minimum Gasteiger partial charge on any atom is -0.460 e. The fourth-order valence-corrected chi connectivity index (χ4v) is 3.38. The van der Waals surface area contributed by atoms with Crippen molar-refractivity contribution in [2.75, 3.05) is 6.61 Å². The molecule has 112 valence electrons. The van der Waals surface area contributed by atoms with Crippen LogP contribution in [0.2, 0.25) is 0 Å². The van der Waals surface area contributed by atoms with Crippen molar-refractivity contribution in [1.29, 1.82) is 0 Å². The normalized spacial score (nSPS) is 11.0. The molecule has 3 aromatic rings. The van der Waals surface area contributed by atoms with Crippen LogP contribution in [0.3, 0.4) is 0 Å². The van der Waals surface area contributed by atoms with E-state index >= 15 is 0 Å². The molecule has 0 amide bonds. The average molecular weight is 425 g/mol. The number of halogens is 2. The van der Waals surface area contributed by atoms with E-state index in [-0.39, 0.29) is 6.61 Å². The molecule has 5 nitrogen and oxygen atoms in total. The Kier molecular flexibility index (Phi) is 4.26. The number of carbonyl (C=O) groups is 1. The van der Waals surface area contributed by atoms with E-state index < -0.39 is 5.97 Å². The first-order valence-corrected chi connectivity index (χ1v) is 8.10. The van der Waals surface area contributed by atoms with E-state index in [1.807, 2.05) is 24.3 Å². The van der Waals surface area contributed by atoms with Gasteiger partial charge in [-0.25, -0.2) is 4.79 Å². The molecule has 1 aromatic heterocycles. The van der Waals surface area contributed by atoms with E-state index in [9.17, 15) is 4.79 Å². The Hall–Kier alpha value is -1.73. The number of hydrogen-bond acceptors (Lipinski definition) is 4. The standard InChI is InChI=1S/C15H11Br2N3O2/c1-2-11(21)22-8-7-20-18-14-12(16)9-5-3-4-6-10(9)13(17)15(14)19-20/h2-6H,1,7-8H2. The Balaban J connectivity index is 2.00. The van der Waals surface area contributed by atoms with Crippen LogP contribution < -0.4 is 0 Å². The van der Waals surface area contributed by atoms with Crippen LogP contribution in [-0.4, -0.2) is 27.6 Å². The molecule has 22 heavy (non-hydrogen) atoms. The fraction of sp³-hybridized carbons (Fsp3) is 0.133. The first-order chi connectivity index (χ1) is 10.6. The highest BCUT2D eigenvalue weighted by atomic mass is 79.9. The molecule has 7 heteroatoms. The van der Waals surface area contributed by atoms with Crippen molar-refractivity contribution in [3.05, 3.63) is 45.9 Å². The van der Waals surface area contributed by atoms with Gasteiger partial charge in [0, 0.05) is 6.08 Å². The second-order valence-electron chi connectivity index (χ2n) is 4.54. The molecular formula is C15H11Br2N3O2. The van der Waals surface area contributed by atoms with Crippen LogP contribution >= 0.6 is 31.9 Å². The third kappa shape index (κ3) is 2.66. The predicted octanol–water partition coefficient (Wildman–Crippen LogP) is 3.84. The number of nitrogens with zero attached hydrogens (tertiary/aromatic N) is 3. The molecule has 1 heterocycles. The van der Waals surface area contributed by atoms with Crippen molar-refractivity contribution in [3.63, 3.8) is 0 Å². The summed E-state index contributed by atoms with van der Waals surface area (Å²) in [4.78, 5) is 12.6. The zero-order valence-electron chi connectivity index (χ0n) is 11.4. The first-order valence-electron chi connectivity index (χ1n) is 6.51. The summed E-state index contributed by atoms with van der Waals surface area (Å²) in [5, 5.41) is 11.0. The van der Waals surface area contributed by atoms with Crippen LogP contribution in [-0.2, 0) is 16.1 Å². The van der Waals surface area contributed by atoms with Crippen molar-refractivity contribution >= 4 is 59.6 Å². The second-order valence-corrected chi connectivity index (χ2v) is 6.12. The van der Waals surface area contributed by atoms with E-state index in [2.05, 4.69) is 48.6 Å². The van der Waals surface area contributed by atoms with Gasteiger partial charge >= 0.3 is 5.97 Å². The number of esters is 1. The monoisotopic (exact) mass is 423 g/mol. The largest absolute Gasteiger partial charge is 0.460 e. The quantitative estimate of drug-likeness (QED) is 0.471. The Bertz CT molecular complexity index is 831. The summed E-state index contributed by atoms with van der Waals surface area (Å²) in [5.74, 6) is -0.454. The van der Waals surface area contributed by atoms with Crippen LogP contribution in [0.5, 0.6) is 0 Å². The smallest absolute Gasteiger partial charge is 0.330 e. The molecule has 0 fully saturated rings. The maximum atomic E-state index is 11.0. The summed E-state index contributed by atoms with van der Waals surface area (Å²) in [6, 6.07) is 8.00. The van der Waals surface area contributed by atoms with Gasteiger partial charge in [-0.2, -0.15) is 15.0 Å². The lowest BCUT2D eigenvalue weighted by atomic mass is 10.1. The van der Waals surface area contributed by atoms with E-state index in [4.69, 9.17) is 4.74 Å². The molecule has 0 N–H and O–H groups in total. The highest BCUT2D eigenvalue weighted by molar-refractivity contribution is 9.11. The molecule has 0 saturated heterocycles. The Morgan fingerprint density at radius 2 is 1.73 bits per heavy atom. The molecule has 0 radical (unpaired) electrons. The number of fused-ring (bicyclic) bond motifs is 2. The van der Waals surface area contributed by atoms with Gasteiger partial charge in [0.2, 0.25) is 0 Å². The van der Waals surface area contributed by atoms with Crippen LogP contribution in [0.4, 0.5) is 0 Å². The van der Waals surface area contributed by atoms with E-state index in [0.717, 1.165) is 36.8 Å². The summed E-state index contributed by atoms with van der Waals surface area (Å²) in [7, 11) is 0. The predicted molar refractivity (Wildman–Crippen MR) is 91.6 cm³/mol. The maximum absolute atomic E-state index is 11.0.